The van der Waals surface area contributed by atoms with Gasteiger partial charge in [-0.15, -0.1) is 21.5 Å². The average Bonchev–Trinajstić information content (AvgIpc) is 3.30. The fraction of sp³-hybridized carbons (Fsp3) is 0.440. The largest absolute Gasteiger partial charge is 0.316 e. The molecule has 0 unspecified atom stereocenters. The van der Waals surface area contributed by atoms with Crippen LogP contribution in [0, 0.1) is 29.6 Å². The van der Waals surface area contributed by atoms with Crippen molar-refractivity contribution in [3.8, 4) is 17.5 Å². The number of hydrogen-bond donors (Lipinski definition) is 1. The lowest BCUT2D eigenvalue weighted by Crippen LogP contribution is -2.26. The van der Waals surface area contributed by atoms with E-state index in [0.717, 1.165) is 41.8 Å². The molecule has 0 saturated carbocycles. The first kappa shape index (κ1) is 23.5. The predicted molar refractivity (Wildman–Crippen MR) is 135 cm³/mol. The number of rotatable bonds is 5. The lowest BCUT2D eigenvalue weighted by Gasteiger charge is -2.33. The van der Waals surface area contributed by atoms with Gasteiger partial charge in [-0.3, -0.25) is 4.79 Å². The van der Waals surface area contributed by atoms with E-state index in [1.54, 1.807) is 11.3 Å². The molecule has 0 fully saturated rings. The number of nitriles is 1. The zero-order chi connectivity index (χ0) is 23.8. The van der Waals surface area contributed by atoms with Crippen molar-refractivity contribution in [2.24, 2.45) is 18.4 Å². The molecule has 2 heterocycles. The monoisotopic (exact) mass is 479 g/mol. The number of carbonyl (C=O) groups is 1. The van der Waals surface area contributed by atoms with Crippen LogP contribution in [0.4, 0.5) is 5.00 Å². The number of thiophene rings is 1. The Morgan fingerprint density at radius 2 is 2.09 bits per heavy atom. The Morgan fingerprint density at radius 1 is 1.33 bits per heavy atom. The van der Waals surface area contributed by atoms with Gasteiger partial charge in [0.2, 0.25) is 5.91 Å². The Hall–Kier alpha value is -2.63. The number of anilines is 1. The van der Waals surface area contributed by atoms with E-state index in [-0.39, 0.29) is 17.1 Å². The van der Waals surface area contributed by atoms with E-state index in [4.69, 9.17) is 0 Å². The fourth-order valence-corrected chi connectivity index (χ4v) is 6.33. The van der Waals surface area contributed by atoms with Crippen molar-refractivity contribution in [1.82, 2.24) is 14.8 Å². The van der Waals surface area contributed by atoms with Crippen LogP contribution in [0.1, 0.15) is 48.8 Å². The van der Waals surface area contributed by atoms with E-state index in [0.29, 0.717) is 21.6 Å². The number of amides is 1. The molecule has 8 heteroatoms. The minimum Gasteiger partial charge on any atom is -0.316 e. The van der Waals surface area contributed by atoms with Gasteiger partial charge in [0.25, 0.3) is 0 Å². The van der Waals surface area contributed by atoms with Gasteiger partial charge in [-0.1, -0.05) is 56.8 Å². The second kappa shape index (κ2) is 9.32. The quantitative estimate of drug-likeness (QED) is 0.481. The normalized spacial score (nSPS) is 15.7. The highest BCUT2D eigenvalue weighted by molar-refractivity contribution is 7.99. The van der Waals surface area contributed by atoms with Crippen LogP contribution in [-0.2, 0) is 24.7 Å². The third-order valence-corrected chi connectivity index (χ3v) is 8.60. The molecule has 0 aliphatic heterocycles. The van der Waals surface area contributed by atoms with Crippen LogP contribution in [0.15, 0.2) is 29.4 Å². The molecule has 33 heavy (non-hydrogen) atoms. The molecule has 1 aromatic carbocycles. The number of benzene rings is 1. The summed E-state index contributed by atoms with van der Waals surface area (Å²) < 4.78 is 1.91. The van der Waals surface area contributed by atoms with Gasteiger partial charge in [0, 0.05) is 17.5 Å². The van der Waals surface area contributed by atoms with Gasteiger partial charge in [0.15, 0.2) is 11.0 Å². The minimum atomic E-state index is -0.136. The van der Waals surface area contributed by atoms with Crippen LogP contribution in [0.25, 0.3) is 11.4 Å². The molecule has 1 aliphatic rings. The SMILES string of the molecule is Cc1ccccc1-c1nnc(SCC(=O)Nc2sc3c(c2C#N)CC[C@@H](C(C)(C)C)C3)n1C. The number of nitrogens with one attached hydrogen (secondary N) is 1. The standard InChI is InChI=1S/C25H29N5OS2/c1-15-8-6-7-9-17(15)22-28-29-24(30(22)5)32-14-21(31)27-23-19(13-26)18-11-10-16(25(2,3)4)12-20(18)33-23/h6-9,16H,10-12,14H2,1-5H3,(H,27,31)/t16-/m1/s1. The highest BCUT2D eigenvalue weighted by atomic mass is 32.2. The summed E-state index contributed by atoms with van der Waals surface area (Å²) >= 11 is 2.91. The molecule has 2 aromatic heterocycles. The van der Waals surface area contributed by atoms with Crippen molar-refractivity contribution < 1.29 is 4.79 Å². The van der Waals surface area contributed by atoms with Crippen molar-refractivity contribution in [2.45, 2.75) is 52.1 Å². The zero-order valence-corrected chi connectivity index (χ0v) is 21.4. The smallest absolute Gasteiger partial charge is 0.235 e. The molecule has 0 saturated heterocycles. The Bertz CT molecular complexity index is 1230. The van der Waals surface area contributed by atoms with Crippen LogP contribution in [0.2, 0.25) is 0 Å². The summed E-state index contributed by atoms with van der Waals surface area (Å²) in [5, 5.41) is 22.7. The van der Waals surface area contributed by atoms with Crippen LogP contribution in [-0.4, -0.2) is 26.4 Å². The van der Waals surface area contributed by atoms with Gasteiger partial charge < -0.3 is 9.88 Å². The number of aryl methyl sites for hydroxylation is 1. The van der Waals surface area contributed by atoms with E-state index < -0.39 is 0 Å². The molecule has 3 aromatic rings. The molecule has 0 bridgehead atoms. The third kappa shape index (κ3) is 4.85. The first-order valence-electron chi connectivity index (χ1n) is 11.1. The van der Waals surface area contributed by atoms with Crippen LogP contribution in [0.5, 0.6) is 0 Å². The predicted octanol–water partition coefficient (Wildman–Crippen LogP) is 5.61. The summed E-state index contributed by atoms with van der Waals surface area (Å²) in [6.07, 6.45) is 2.96. The highest BCUT2D eigenvalue weighted by Crippen LogP contribution is 2.44. The Labute approximate surface area is 203 Å². The molecule has 1 aliphatic carbocycles. The molecule has 1 atom stereocenters. The summed E-state index contributed by atoms with van der Waals surface area (Å²) in [5.74, 6) is 1.44. The maximum atomic E-state index is 12.7. The minimum absolute atomic E-state index is 0.136. The van der Waals surface area contributed by atoms with Gasteiger partial charge in [-0.05, 0) is 48.6 Å². The van der Waals surface area contributed by atoms with E-state index in [2.05, 4.69) is 42.4 Å². The second-order valence-corrected chi connectivity index (χ2v) is 11.7. The number of fused-ring (bicyclic) bond motifs is 1. The summed E-state index contributed by atoms with van der Waals surface area (Å²) in [6, 6.07) is 10.4. The maximum Gasteiger partial charge on any atom is 0.235 e. The van der Waals surface area contributed by atoms with E-state index in [1.807, 2.05) is 42.8 Å². The van der Waals surface area contributed by atoms with Gasteiger partial charge in [-0.2, -0.15) is 5.26 Å². The molecule has 0 spiro atoms. The summed E-state index contributed by atoms with van der Waals surface area (Å²) in [5.41, 5.74) is 4.16. The van der Waals surface area contributed by atoms with Gasteiger partial charge in [-0.25, -0.2) is 0 Å². The summed E-state index contributed by atoms with van der Waals surface area (Å²) in [6.45, 7) is 8.87. The van der Waals surface area contributed by atoms with Gasteiger partial charge >= 0.3 is 0 Å². The van der Waals surface area contributed by atoms with E-state index >= 15 is 0 Å². The highest BCUT2D eigenvalue weighted by Gasteiger charge is 2.32. The van der Waals surface area contributed by atoms with Crippen molar-refractivity contribution >= 4 is 34.0 Å². The Kier molecular flexibility index (Phi) is 6.64. The van der Waals surface area contributed by atoms with Crippen molar-refractivity contribution in [3.63, 3.8) is 0 Å². The Balaban J connectivity index is 1.44. The maximum absolute atomic E-state index is 12.7. The molecule has 0 radical (unpaired) electrons. The van der Waals surface area contributed by atoms with Crippen LogP contribution in [0.3, 0.4) is 0 Å². The van der Waals surface area contributed by atoms with Crippen molar-refractivity contribution in [1.29, 1.82) is 5.26 Å². The number of hydrogen-bond acceptors (Lipinski definition) is 6. The van der Waals surface area contributed by atoms with Crippen molar-refractivity contribution in [3.05, 3.63) is 45.8 Å². The average molecular weight is 480 g/mol. The van der Waals surface area contributed by atoms with Crippen molar-refractivity contribution in [2.75, 3.05) is 11.1 Å². The molecule has 4 rings (SSSR count). The number of carbonyl (C=O) groups excluding carboxylic acids is 1. The lowest BCUT2D eigenvalue weighted by molar-refractivity contribution is -0.113. The first-order valence-corrected chi connectivity index (χ1v) is 12.9. The van der Waals surface area contributed by atoms with E-state index in [1.165, 1.54) is 16.6 Å². The number of aromatic nitrogens is 3. The third-order valence-electron chi connectivity index (χ3n) is 6.41. The molecular weight excluding hydrogens is 450 g/mol. The van der Waals surface area contributed by atoms with Crippen LogP contribution >= 0.6 is 23.1 Å². The fourth-order valence-electron chi connectivity index (χ4n) is 4.32. The summed E-state index contributed by atoms with van der Waals surface area (Å²) in [4.78, 5) is 14.0. The zero-order valence-electron chi connectivity index (χ0n) is 19.7. The lowest BCUT2D eigenvalue weighted by atomic mass is 9.72. The molecule has 1 N–H and O–H groups in total. The molecule has 6 nitrogen and oxygen atoms in total. The molecule has 1 amide bonds. The van der Waals surface area contributed by atoms with E-state index in [9.17, 15) is 10.1 Å². The molecule has 172 valence electrons. The molecular formula is C25H29N5OS2. The first-order chi connectivity index (χ1) is 15.7. The second-order valence-electron chi connectivity index (χ2n) is 9.64. The van der Waals surface area contributed by atoms with Gasteiger partial charge in [0.1, 0.15) is 11.1 Å². The topological polar surface area (TPSA) is 83.6 Å². The summed E-state index contributed by atoms with van der Waals surface area (Å²) in [7, 11) is 1.91. The van der Waals surface area contributed by atoms with Gasteiger partial charge in [0.05, 0.1) is 11.3 Å². The Morgan fingerprint density at radius 3 is 2.79 bits per heavy atom. The van der Waals surface area contributed by atoms with Crippen LogP contribution < -0.4 is 5.32 Å². The number of nitrogens with zero attached hydrogens (tertiary/aromatic N) is 4. The number of thioether (sulfide) groups is 1.